The Balaban J connectivity index is 1.55. The zero-order valence-electron chi connectivity index (χ0n) is 19.4. The normalized spacial score (nSPS) is 18.5. The lowest BCUT2D eigenvalue weighted by Gasteiger charge is -2.38. The highest BCUT2D eigenvalue weighted by molar-refractivity contribution is 7.18. The van der Waals surface area contributed by atoms with Crippen LogP contribution in [0.3, 0.4) is 0 Å². The van der Waals surface area contributed by atoms with Crippen molar-refractivity contribution >= 4 is 44.9 Å². The van der Waals surface area contributed by atoms with Gasteiger partial charge in [-0.15, -0.1) is 11.3 Å². The molecule has 2 atom stereocenters. The average molecular weight is 466 g/mol. The summed E-state index contributed by atoms with van der Waals surface area (Å²) in [5.41, 5.74) is 8.98. The number of nitrogen functional groups attached to an aromatic ring is 1. The summed E-state index contributed by atoms with van der Waals surface area (Å²) < 4.78 is 1.16. The topological polar surface area (TPSA) is 101 Å². The van der Waals surface area contributed by atoms with Crippen molar-refractivity contribution < 1.29 is 9.59 Å². The molecule has 174 valence electrons. The van der Waals surface area contributed by atoms with E-state index in [1.165, 1.54) is 6.20 Å². The van der Waals surface area contributed by atoms with E-state index in [-0.39, 0.29) is 6.04 Å². The van der Waals surface area contributed by atoms with Crippen LogP contribution in [0.2, 0.25) is 0 Å². The van der Waals surface area contributed by atoms with Crippen molar-refractivity contribution in [3.8, 4) is 0 Å². The number of aryl methyl sites for hydroxylation is 2. The predicted molar refractivity (Wildman–Crippen MR) is 133 cm³/mol. The van der Waals surface area contributed by atoms with E-state index in [9.17, 15) is 9.59 Å². The maximum absolute atomic E-state index is 13.2. The Labute approximate surface area is 198 Å². The molecule has 8 heteroatoms. The Morgan fingerprint density at radius 3 is 2.85 bits per heavy atom. The first kappa shape index (κ1) is 23.2. The summed E-state index contributed by atoms with van der Waals surface area (Å²) >= 11 is 1.74. The summed E-state index contributed by atoms with van der Waals surface area (Å²) in [5.74, 6) is -0.443. The second-order valence-electron chi connectivity index (χ2n) is 8.97. The fraction of sp³-hybridized carbons (Fsp3) is 0.440. The molecule has 1 aromatic carbocycles. The SMILES string of the molecule is CCCCc1nc2cc([C@H]3CC[C@H](C)CN3C(=O)C(=O)Nc3cnc(N)c(C)c3)ccc2s1. The molecule has 1 saturated heterocycles. The maximum Gasteiger partial charge on any atom is 0.313 e. The number of piperidine rings is 1. The first-order chi connectivity index (χ1) is 15.9. The van der Waals surface area contributed by atoms with Gasteiger partial charge in [-0.3, -0.25) is 9.59 Å². The minimum atomic E-state index is -0.656. The van der Waals surface area contributed by atoms with Crippen LogP contribution in [-0.4, -0.2) is 33.2 Å². The van der Waals surface area contributed by atoms with Crippen molar-refractivity contribution in [2.45, 2.75) is 58.9 Å². The number of rotatable bonds is 5. The molecular formula is C25H31N5O2S. The van der Waals surface area contributed by atoms with Crippen LogP contribution in [-0.2, 0) is 16.0 Å². The standard InChI is InChI=1S/C25H31N5O2S/c1-4-5-6-22-29-19-12-17(8-10-21(19)33-22)20-9-7-15(2)14-30(20)25(32)24(31)28-18-11-16(3)23(26)27-13-18/h8,10-13,15,20H,4-7,9,14H2,1-3H3,(H2,26,27)(H,28,31)/t15-,20+/m0/s1. The fourth-order valence-corrected chi connectivity index (χ4v) is 5.32. The number of thiazole rings is 1. The third kappa shape index (κ3) is 5.16. The molecule has 0 bridgehead atoms. The highest BCUT2D eigenvalue weighted by Crippen LogP contribution is 2.35. The lowest BCUT2D eigenvalue weighted by molar-refractivity contribution is -0.146. The first-order valence-corrected chi connectivity index (χ1v) is 12.4. The van der Waals surface area contributed by atoms with Gasteiger partial charge in [0, 0.05) is 6.54 Å². The van der Waals surface area contributed by atoms with Crippen molar-refractivity contribution in [1.29, 1.82) is 0 Å². The monoisotopic (exact) mass is 465 g/mol. The maximum atomic E-state index is 13.2. The third-order valence-electron chi connectivity index (χ3n) is 6.23. The highest BCUT2D eigenvalue weighted by Gasteiger charge is 2.34. The van der Waals surface area contributed by atoms with Gasteiger partial charge in [0.15, 0.2) is 0 Å². The summed E-state index contributed by atoms with van der Waals surface area (Å²) in [6.45, 7) is 6.66. The van der Waals surface area contributed by atoms with Gasteiger partial charge in [-0.2, -0.15) is 0 Å². The highest BCUT2D eigenvalue weighted by atomic mass is 32.1. The molecule has 0 aliphatic carbocycles. The number of nitrogens with two attached hydrogens (primary N) is 1. The molecule has 0 saturated carbocycles. The lowest BCUT2D eigenvalue weighted by Crippen LogP contribution is -2.46. The number of fused-ring (bicyclic) bond motifs is 1. The number of hydrogen-bond acceptors (Lipinski definition) is 6. The van der Waals surface area contributed by atoms with Gasteiger partial charge < -0.3 is 16.0 Å². The summed E-state index contributed by atoms with van der Waals surface area (Å²) in [6, 6.07) is 7.84. The number of nitrogens with one attached hydrogen (secondary N) is 1. The summed E-state index contributed by atoms with van der Waals surface area (Å²) in [6.07, 6.45) is 6.57. The minimum absolute atomic E-state index is 0.143. The van der Waals surface area contributed by atoms with Crippen LogP contribution >= 0.6 is 11.3 Å². The molecule has 2 aromatic heterocycles. The molecule has 1 aliphatic heterocycles. The molecule has 0 spiro atoms. The smallest absolute Gasteiger partial charge is 0.313 e. The number of carbonyl (C=O) groups excluding carboxylic acids is 2. The number of likely N-dealkylation sites (tertiary alicyclic amines) is 1. The largest absolute Gasteiger partial charge is 0.383 e. The van der Waals surface area contributed by atoms with E-state index in [1.54, 1.807) is 22.3 Å². The van der Waals surface area contributed by atoms with Gasteiger partial charge in [0.05, 0.1) is 33.2 Å². The summed E-state index contributed by atoms with van der Waals surface area (Å²) in [7, 11) is 0. The number of nitrogens with zero attached hydrogens (tertiary/aromatic N) is 3. The van der Waals surface area contributed by atoms with Crippen LogP contribution in [0.1, 0.15) is 61.7 Å². The molecule has 1 aliphatic rings. The number of anilines is 2. The van der Waals surface area contributed by atoms with E-state index in [4.69, 9.17) is 10.7 Å². The molecule has 4 rings (SSSR count). The zero-order valence-corrected chi connectivity index (χ0v) is 20.2. The number of aromatic nitrogens is 2. The Morgan fingerprint density at radius 2 is 2.09 bits per heavy atom. The van der Waals surface area contributed by atoms with Crippen LogP contribution in [0.5, 0.6) is 0 Å². The van der Waals surface area contributed by atoms with Gasteiger partial charge >= 0.3 is 11.8 Å². The van der Waals surface area contributed by atoms with Crippen LogP contribution in [0.25, 0.3) is 10.2 Å². The van der Waals surface area contributed by atoms with Crippen LogP contribution in [0.4, 0.5) is 11.5 Å². The molecule has 2 amide bonds. The molecule has 3 N–H and O–H groups in total. The number of pyridine rings is 1. The van der Waals surface area contributed by atoms with Gasteiger partial charge in [-0.25, -0.2) is 9.97 Å². The lowest BCUT2D eigenvalue weighted by atomic mass is 9.89. The van der Waals surface area contributed by atoms with Gasteiger partial charge in [-0.1, -0.05) is 26.3 Å². The van der Waals surface area contributed by atoms with Crippen molar-refractivity contribution in [3.63, 3.8) is 0 Å². The molecule has 33 heavy (non-hydrogen) atoms. The molecule has 1 fully saturated rings. The van der Waals surface area contributed by atoms with Crippen molar-refractivity contribution in [3.05, 3.63) is 46.6 Å². The van der Waals surface area contributed by atoms with E-state index >= 15 is 0 Å². The second-order valence-corrected chi connectivity index (χ2v) is 10.1. The van der Waals surface area contributed by atoms with Gasteiger partial charge in [0.25, 0.3) is 0 Å². The molecule has 0 unspecified atom stereocenters. The number of hydrogen-bond donors (Lipinski definition) is 2. The van der Waals surface area contributed by atoms with E-state index in [0.717, 1.165) is 58.5 Å². The van der Waals surface area contributed by atoms with Crippen molar-refractivity contribution in [1.82, 2.24) is 14.9 Å². The fourth-order valence-electron chi connectivity index (χ4n) is 4.33. The van der Waals surface area contributed by atoms with Crippen LogP contribution in [0, 0.1) is 12.8 Å². The van der Waals surface area contributed by atoms with Crippen LogP contribution in [0.15, 0.2) is 30.5 Å². The molecular weight excluding hydrogens is 434 g/mol. The number of amides is 2. The predicted octanol–water partition coefficient (Wildman–Crippen LogP) is 4.86. The minimum Gasteiger partial charge on any atom is -0.383 e. The Bertz CT molecular complexity index is 1170. The molecule has 3 heterocycles. The molecule has 7 nitrogen and oxygen atoms in total. The quantitative estimate of drug-likeness (QED) is 0.524. The van der Waals surface area contributed by atoms with Gasteiger partial charge in [0.2, 0.25) is 0 Å². The van der Waals surface area contributed by atoms with E-state index < -0.39 is 11.8 Å². The number of unbranched alkanes of at least 4 members (excludes halogenated alkanes) is 1. The molecule has 0 radical (unpaired) electrons. The van der Waals surface area contributed by atoms with Gasteiger partial charge in [0.1, 0.15) is 5.82 Å². The number of benzene rings is 1. The van der Waals surface area contributed by atoms with Crippen molar-refractivity contribution in [2.75, 3.05) is 17.6 Å². The van der Waals surface area contributed by atoms with Crippen molar-refractivity contribution in [2.24, 2.45) is 5.92 Å². The Morgan fingerprint density at radius 1 is 1.27 bits per heavy atom. The van der Waals surface area contributed by atoms with E-state index in [2.05, 4.69) is 42.3 Å². The zero-order chi connectivity index (χ0) is 23.5. The average Bonchev–Trinajstić information content (AvgIpc) is 3.21. The van der Waals surface area contributed by atoms with E-state index in [0.29, 0.717) is 24.0 Å². The Hall–Kier alpha value is -3.00. The second kappa shape index (κ2) is 9.87. The van der Waals surface area contributed by atoms with Crippen LogP contribution < -0.4 is 11.1 Å². The van der Waals surface area contributed by atoms with E-state index in [1.807, 2.05) is 6.92 Å². The van der Waals surface area contributed by atoms with Gasteiger partial charge in [-0.05, 0) is 67.9 Å². The summed E-state index contributed by atoms with van der Waals surface area (Å²) in [4.78, 5) is 36.7. The number of carbonyl (C=O) groups is 2. The summed E-state index contributed by atoms with van der Waals surface area (Å²) in [5, 5.41) is 3.84. The molecule has 3 aromatic rings. The first-order valence-electron chi connectivity index (χ1n) is 11.6. The third-order valence-corrected chi connectivity index (χ3v) is 7.33. The Kier molecular flexibility index (Phi) is 6.93.